The van der Waals surface area contributed by atoms with E-state index in [0.29, 0.717) is 25.0 Å². The molecule has 1 atom stereocenters. The van der Waals surface area contributed by atoms with Gasteiger partial charge in [0.2, 0.25) is 12.7 Å². The summed E-state index contributed by atoms with van der Waals surface area (Å²) >= 11 is 0. The highest BCUT2D eigenvalue weighted by Gasteiger charge is 2.31. The lowest BCUT2D eigenvalue weighted by molar-refractivity contribution is -0.132. The molecule has 0 bridgehead atoms. The third-order valence-electron chi connectivity index (χ3n) is 5.58. The first-order chi connectivity index (χ1) is 11.8. The Labute approximate surface area is 155 Å². The van der Waals surface area contributed by atoms with E-state index in [0.717, 1.165) is 50.4 Å². The summed E-state index contributed by atoms with van der Waals surface area (Å²) in [5, 5.41) is 3.39. The van der Waals surface area contributed by atoms with E-state index in [4.69, 9.17) is 9.47 Å². The zero-order valence-electron chi connectivity index (χ0n) is 14.5. The molecule has 0 aliphatic carbocycles. The monoisotopic (exact) mass is 366 g/mol. The molecule has 5 nitrogen and oxygen atoms in total. The van der Waals surface area contributed by atoms with Crippen molar-refractivity contribution in [2.75, 3.05) is 26.4 Å². The van der Waals surface area contributed by atoms with Gasteiger partial charge in [-0.25, -0.2) is 0 Å². The van der Waals surface area contributed by atoms with Gasteiger partial charge in [0.1, 0.15) is 0 Å². The van der Waals surface area contributed by atoms with Gasteiger partial charge >= 0.3 is 0 Å². The molecule has 1 aromatic rings. The Morgan fingerprint density at radius 3 is 2.80 bits per heavy atom. The number of hydrogen-bond donors (Lipinski definition) is 1. The van der Waals surface area contributed by atoms with Crippen LogP contribution in [0, 0.1) is 5.92 Å². The lowest BCUT2D eigenvalue weighted by atomic mass is 9.93. The molecule has 0 spiro atoms. The molecule has 6 heteroatoms. The van der Waals surface area contributed by atoms with Crippen LogP contribution in [-0.4, -0.2) is 37.2 Å². The molecule has 25 heavy (non-hydrogen) atoms. The summed E-state index contributed by atoms with van der Waals surface area (Å²) in [5.74, 6) is 2.64. The Bertz CT molecular complexity index is 604. The number of hydrogen-bond acceptors (Lipinski definition) is 4. The van der Waals surface area contributed by atoms with Crippen molar-refractivity contribution in [2.24, 2.45) is 5.92 Å². The molecule has 138 valence electrons. The van der Waals surface area contributed by atoms with Gasteiger partial charge in [-0.3, -0.25) is 4.79 Å². The summed E-state index contributed by atoms with van der Waals surface area (Å²) in [7, 11) is 0. The number of rotatable bonds is 4. The summed E-state index contributed by atoms with van der Waals surface area (Å²) in [4.78, 5) is 14.8. The van der Waals surface area contributed by atoms with Crippen LogP contribution in [0.25, 0.3) is 0 Å². The number of halogens is 1. The van der Waals surface area contributed by atoms with Crippen molar-refractivity contribution in [1.82, 2.24) is 10.2 Å². The van der Waals surface area contributed by atoms with E-state index in [1.165, 1.54) is 18.4 Å². The van der Waals surface area contributed by atoms with Crippen LogP contribution < -0.4 is 14.8 Å². The fourth-order valence-corrected chi connectivity index (χ4v) is 4.17. The summed E-state index contributed by atoms with van der Waals surface area (Å²) in [6, 6.07) is 6.29. The first-order valence-corrected chi connectivity index (χ1v) is 9.21. The van der Waals surface area contributed by atoms with Crippen LogP contribution in [-0.2, 0) is 4.79 Å². The number of nitrogens with zero attached hydrogens (tertiary/aromatic N) is 1. The number of nitrogens with one attached hydrogen (secondary N) is 1. The maximum Gasteiger partial charge on any atom is 0.231 e. The fraction of sp³-hybridized carbons (Fsp3) is 0.632. The van der Waals surface area contributed by atoms with E-state index in [1.807, 2.05) is 12.1 Å². The lowest BCUT2D eigenvalue weighted by Gasteiger charge is -2.27. The van der Waals surface area contributed by atoms with Crippen LogP contribution >= 0.6 is 12.4 Å². The second kappa shape index (κ2) is 8.28. The van der Waals surface area contributed by atoms with E-state index in [9.17, 15) is 4.79 Å². The average Bonchev–Trinajstić information content (AvgIpc) is 3.28. The molecular formula is C19H27ClN2O3. The van der Waals surface area contributed by atoms with E-state index < -0.39 is 0 Å². The molecule has 3 aliphatic heterocycles. The normalized spacial score (nSPS) is 22.7. The minimum absolute atomic E-state index is 0. The minimum Gasteiger partial charge on any atom is -0.454 e. The van der Waals surface area contributed by atoms with Crippen molar-refractivity contribution in [3.8, 4) is 11.5 Å². The van der Waals surface area contributed by atoms with Crippen molar-refractivity contribution >= 4 is 18.3 Å². The number of piperidine rings is 1. The van der Waals surface area contributed by atoms with Gasteiger partial charge in [-0.05, 0) is 68.8 Å². The van der Waals surface area contributed by atoms with E-state index in [1.54, 1.807) is 0 Å². The molecule has 4 rings (SSSR count). The maximum absolute atomic E-state index is 12.8. The van der Waals surface area contributed by atoms with E-state index in [2.05, 4.69) is 16.3 Å². The van der Waals surface area contributed by atoms with Crippen molar-refractivity contribution in [1.29, 1.82) is 0 Å². The second-order valence-corrected chi connectivity index (χ2v) is 7.09. The van der Waals surface area contributed by atoms with Gasteiger partial charge in [0.15, 0.2) is 11.5 Å². The van der Waals surface area contributed by atoms with Gasteiger partial charge in [-0.1, -0.05) is 6.07 Å². The van der Waals surface area contributed by atoms with Crippen LogP contribution in [0.5, 0.6) is 11.5 Å². The van der Waals surface area contributed by atoms with Crippen molar-refractivity contribution in [3.63, 3.8) is 0 Å². The molecule has 0 saturated carbocycles. The van der Waals surface area contributed by atoms with Crippen molar-refractivity contribution in [2.45, 2.75) is 44.6 Å². The number of carbonyl (C=O) groups is 1. The molecule has 1 aromatic carbocycles. The summed E-state index contributed by atoms with van der Waals surface area (Å²) in [6.45, 7) is 3.37. The predicted molar refractivity (Wildman–Crippen MR) is 98.3 cm³/mol. The highest BCUT2D eigenvalue weighted by Crippen LogP contribution is 2.39. The van der Waals surface area contributed by atoms with Crippen LogP contribution in [0.15, 0.2) is 18.2 Å². The number of fused-ring (bicyclic) bond motifs is 1. The van der Waals surface area contributed by atoms with Crippen LogP contribution in [0.2, 0.25) is 0 Å². The molecule has 0 radical (unpaired) electrons. The Balaban J connectivity index is 0.00000182. The summed E-state index contributed by atoms with van der Waals surface area (Å²) < 4.78 is 10.9. The number of likely N-dealkylation sites (tertiary alicyclic amines) is 1. The standard InChI is InChI=1S/C19H26N2O3.ClH/c22-19(6-3-14-7-9-20-10-8-14)21-11-1-2-16(21)15-4-5-17-18(12-15)24-13-23-17;/h4-5,12,14,16,20H,1-3,6-11,13H2;1H. The molecule has 1 N–H and O–H groups in total. The third kappa shape index (κ3) is 4.04. The fourth-order valence-electron chi connectivity index (χ4n) is 4.17. The van der Waals surface area contributed by atoms with E-state index in [-0.39, 0.29) is 18.4 Å². The number of carbonyl (C=O) groups excluding carboxylic acids is 1. The first-order valence-electron chi connectivity index (χ1n) is 9.21. The van der Waals surface area contributed by atoms with Gasteiger partial charge in [0.05, 0.1) is 6.04 Å². The van der Waals surface area contributed by atoms with Crippen molar-refractivity contribution < 1.29 is 14.3 Å². The molecular weight excluding hydrogens is 340 g/mol. The molecule has 0 aromatic heterocycles. The largest absolute Gasteiger partial charge is 0.454 e. The van der Waals surface area contributed by atoms with Crippen LogP contribution in [0.3, 0.4) is 0 Å². The Morgan fingerprint density at radius 2 is 1.96 bits per heavy atom. The quantitative estimate of drug-likeness (QED) is 0.888. The minimum atomic E-state index is 0. The molecule has 3 heterocycles. The Kier molecular flexibility index (Phi) is 6.07. The molecule has 3 aliphatic rings. The predicted octanol–water partition coefficient (Wildman–Crippen LogP) is 3.28. The Morgan fingerprint density at radius 1 is 1.16 bits per heavy atom. The maximum atomic E-state index is 12.8. The van der Waals surface area contributed by atoms with Gasteiger partial charge < -0.3 is 19.7 Å². The van der Waals surface area contributed by atoms with Crippen LogP contribution in [0.1, 0.15) is 50.1 Å². The van der Waals surface area contributed by atoms with Gasteiger partial charge in [0.25, 0.3) is 0 Å². The van der Waals surface area contributed by atoms with E-state index >= 15 is 0 Å². The highest BCUT2D eigenvalue weighted by atomic mass is 35.5. The smallest absolute Gasteiger partial charge is 0.231 e. The Hall–Kier alpha value is -1.46. The molecule has 2 fully saturated rings. The second-order valence-electron chi connectivity index (χ2n) is 7.09. The third-order valence-corrected chi connectivity index (χ3v) is 5.58. The SMILES string of the molecule is Cl.O=C(CCC1CCNCC1)N1CCCC1c1ccc2c(c1)OCO2. The zero-order valence-corrected chi connectivity index (χ0v) is 15.4. The summed E-state index contributed by atoms with van der Waals surface area (Å²) in [5.41, 5.74) is 1.17. The van der Waals surface area contributed by atoms with Crippen LogP contribution in [0.4, 0.5) is 0 Å². The van der Waals surface area contributed by atoms with Gasteiger partial charge in [0, 0.05) is 13.0 Å². The molecule has 1 unspecified atom stereocenters. The number of ether oxygens (including phenoxy) is 2. The average molecular weight is 367 g/mol. The first kappa shape index (κ1) is 18.3. The van der Waals surface area contributed by atoms with Gasteiger partial charge in [-0.2, -0.15) is 0 Å². The lowest BCUT2D eigenvalue weighted by Crippen LogP contribution is -2.32. The van der Waals surface area contributed by atoms with Gasteiger partial charge in [-0.15, -0.1) is 12.4 Å². The highest BCUT2D eigenvalue weighted by molar-refractivity contribution is 5.85. The molecule has 1 amide bonds. The summed E-state index contributed by atoms with van der Waals surface area (Å²) in [6.07, 6.45) is 6.26. The van der Waals surface area contributed by atoms with Crippen molar-refractivity contribution in [3.05, 3.63) is 23.8 Å². The molecule has 2 saturated heterocycles. The topological polar surface area (TPSA) is 50.8 Å². The number of benzene rings is 1. The zero-order chi connectivity index (χ0) is 16.4. The number of amides is 1.